The van der Waals surface area contributed by atoms with Gasteiger partial charge in [0.25, 0.3) is 5.91 Å². The van der Waals surface area contributed by atoms with Crippen LogP contribution in [-0.2, 0) is 18.4 Å². The number of nitrogens with one attached hydrogen (secondary N) is 1. The number of rotatable bonds is 5. The molecule has 3 aromatic rings. The number of pyridine rings is 1. The molecule has 0 saturated carbocycles. The zero-order valence-corrected chi connectivity index (χ0v) is 16.8. The highest BCUT2D eigenvalue weighted by atomic mass is 16.5. The van der Waals surface area contributed by atoms with Crippen LogP contribution in [0.2, 0.25) is 0 Å². The molecule has 7 nitrogen and oxygen atoms in total. The summed E-state index contributed by atoms with van der Waals surface area (Å²) in [5.74, 6) is 1.03. The summed E-state index contributed by atoms with van der Waals surface area (Å²) in [5, 5.41) is 17.3. The van der Waals surface area contributed by atoms with Crippen molar-refractivity contribution >= 4 is 5.91 Å². The van der Waals surface area contributed by atoms with Crippen LogP contribution in [0.15, 0.2) is 41.1 Å². The van der Waals surface area contributed by atoms with Crippen LogP contribution in [0.25, 0.3) is 11.4 Å². The first-order valence-electron chi connectivity index (χ1n) is 9.80. The molecular weight excluding hydrogens is 368 g/mol. The summed E-state index contributed by atoms with van der Waals surface area (Å²) in [4.78, 5) is 21.3. The number of hydrogen-bond acceptors (Lipinski definition) is 6. The van der Waals surface area contributed by atoms with Gasteiger partial charge in [-0.1, -0.05) is 24.2 Å². The predicted octanol–water partition coefficient (Wildman–Crippen LogP) is 3.34. The third kappa shape index (κ3) is 3.91. The van der Waals surface area contributed by atoms with Crippen molar-refractivity contribution in [2.45, 2.75) is 51.7 Å². The zero-order chi connectivity index (χ0) is 20.6. The molecule has 1 aliphatic rings. The predicted molar refractivity (Wildman–Crippen MR) is 107 cm³/mol. The third-order valence-corrected chi connectivity index (χ3v) is 5.20. The molecule has 4 rings (SSSR count). The average Bonchev–Trinajstić information content (AvgIpc) is 3.34. The maximum Gasteiger partial charge on any atom is 0.251 e. The zero-order valence-electron chi connectivity index (χ0n) is 16.8. The molecule has 1 aliphatic carbocycles. The number of aryl methyl sites for hydroxylation is 2. The van der Waals surface area contributed by atoms with Crippen molar-refractivity contribution in [3.8, 4) is 11.4 Å². The van der Waals surface area contributed by atoms with E-state index in [0.717, 1.165) is 24.0 Å². The molecule has 1 aromatic carbocycles. The fourth-order valence-electron chi connectivity index (χ4n) is 3.57. The highest BCUT2D eigenvalue weighted by Gasteiger charge is 2.26. The van der Waals surface area contributed by atoms with E-state index in [2.05, 4.69) is 26.5 Å². The number of benzene rings is 1. The maximum atomic E-state index is 12.8. The molecule has 0 aliphatic heterocycles. The quantitative estimate of drug-likeness (QED) is 0.691. The molecule has 0 spiro atoms. The van der Waals surface area contributed by atoms with E-state index < -0.39 is 5.60 Å². The van der Waals surface area contributed by atoms with Gasteiger partial charge in [-0.2, -0.15) is 4.98 Å². The first-order chi connectivity index (χ1) is 13.8. The second kappa shape index (κ2) is 7.40. The van der Waals surface area contributed by atoms with Crippen LogP contribution in [0.4, 0.5) is 0 Å². The first-order valence-corrected chi connectivity index (χ1v) is 9.80. The van der Waals surface area contributed by atoms with E-state index >= 15 is 0 Å². The number of nitrogens with zero attached hydrogens (tertiary/aromatic N) is 3. The molecule has 0 radical (unpaired) electrons. The lowest BCUT2D eigenvalue weighted by Crippen LogP contribution is -2.28. The van der Waals surface area contributed by atoms with Gasteiger partial charge >= 0.3 is 0 Å². The Morgan fingerprint density at radius 2 is 2.14 bits per heavy atom. The van der Waals surface area contributed by atoms with Gasteiger partial charge in [0.05, 0.1) is 11.7 Å². The summed E-state index contributed by atoms with van der Waals surface area (Å²) in [5.41, 5.74) is 3.07. The molecule has 0 saturated heterocycles. The molecule has 2 heterocycles. The molecule has 0 bridgehead atoms. The molecule has 0 unspecified atom stereocenters. The molecule has 2 aromatic heterocycles. The van der Waals surface area contributed by atoms with E-state index in [4.69, 9.17) is 4.52 Å². The first kappa shape index (κ1) is 19.3. The largest absolute Gasteiger partial charge is 0.384 e. The summed E-state index contributed by atoms with van der Waals surface area (Å²) in [6.45, 7) is 5.27. The van der Waals surface area contributed by atoms with E-state index in [1.807, 2.05) is 19.1 Å². The minimum atomic E-state index is -1.10. The Hall–Kier alpha value is -3.06. The Morgan fingerprint density at radius 1 is 1.31 bits per heavy atom. The van der Waals surface area contributed by atoms with Crippen LogP contribution >= 0.6 is 0 Å². The molecule has 1 atom stereocenters. The number of carbonyl (C=O) groups excluding carboxylic acids is 1. The number of amides is 1. The Morgan fingerprint density at radius 3 is 2.86 bits per heavy atom. The minimum Gasteiger partial charge on any atom is -0.384 e. The van der Waals surface area contributed by atoms with E-state index in [1.54, 1.807) is 32.2 Å². The van der Waals surface area contributed by atoms with Gasteiger partial charge in [-0.15, -0.1) is 0 Å². The molecule has 150 valence electrons. The molecule has 29 heavy (non-hydrogen) atoms. The molecule has 7 heteroatoms. The van der Waals surface area contributed by atoms with Gasteiger partial charge in [0.2, 0.25) is 11.7 Å². The fourth-order valence-corrected chi connectivity index (χ4v) is 3.57. The van der Waals surface area contributed by atoms with Gasteiger partial charge in [-0.25, -0.2) is 0 Å². The van der Waals surface area contributed by atoms with E-state index in [-0.39, 0.29) is 11.9 Å². The van der Waals surface area contributed by atoms with E-state index in [1.165, 1.54) is 5.56 Å². The lowest BCUT2D eigenvalue weighted by molar-refractivity contribution is 0.0736. The van der Waals surface area contributed by atoms with Crippen molar-refractivity contribution < 1.29 is 14.4 Å². The summed E-state index contributed by atoms with van der Waals surface area (Å²) in [7, 11) is 0. The normalized spacial score (nSPS) is 15.9. The number of fused-ring (bicyclic) bond motifs is 1. The Balaban J connectivity index is 1.52. The lowest BCUT2D eigenvalue weighted by atomic mass is 10.0. The van der Waals surface area contributed by atoms with Gasteiger partial charge in [0, 0.05) is 23.7 Å². The Kier molecular flexibility index (Phi) is 4.92. The van der Waals surface area contributed by atoms with Crippen LogP contribution in [-0.4, -0.2) is 26.1 Å². The van der Waals surface area contributed by atoms with E-state index in [0.29, 0.717) is 29.4 Å². The topological polar surface area (TPSA) is 101 Å². The minimum absolute atomic E-state index is 0.0539. The summed E-state index contributed by atoms with van der Waals surface area (Å²) in [6.07, 6.45) is 3.96. The van der Waals surface area contributed by atoms with Gasteiger partial charge in [0.15, 0.2) is 0 Å². The fraction of sp³-hybridized carbons (Fsp3) is 0.364. The maximum absolute atomic E-state index is 12.8. The van der Waals surface area contributed by atoms with E-state index in [9.17, 15) is 9.90 Å². The highest BCUT2D eigenvalue weighted by molar-refractivity contribution is 5.94. The van der Waals surface area contributed by atoms with Crippen molar-refractivity contribution in [1.29, 1.82) is 0 Å². The van der Waals surface area contributed by atoms with Crippen LogP contribution in [0.3, 0.4) is 0 Å². The Labute approximate surface area is 169 Å². The number of aliphatic hydroxyl groups is 1. The molecule has 2 N–H and O–H groups in total. The van der Waals surface area contributed by atoms with Crippen molar-refractivity contribution in [3.63, 3.8) is 0 Å². The standard InChI is InChI=1S/C22H24N4O3/c1-4-19-25-20(26-29-19)14-5-7-16-13(11-14)6-8-17(16)24-21(27)15-9-10-23-18(12-15)22(2,3)28/h5,7,9-12,17,28H,4,6,8H2,1-3H3,(H,24,27)/t17-/m1/s1. The second-order valence-corrected chi connectivity index (χ2v) is 7.83. The summed E-state index contributed by atoms with van der Waals surface area (Å²) in [6, 6.07) is 9.30. The molecular formula is C22H24N4O3. The van der Waals surface area contributed by atoms with Gasteiger partial charge in [0.1, 0.15) is 5.60 Å². The van der Waals surface area contributed by atoms with Crippen LogP contribution in [0.5, 0.6) is 0 Å². The van der Waals surface area contributed by atoms with Gasteiger partial charge in [-0.05, 0) is 56.0 Å². The lowest BCUT2D eigenvalue weighted by Gasteiger charge is -2.18. The third-order valence-electron chi connectivity index (χ3n) is 5.20. The average molecular weight is 392 g/mol. The van der Waals surface area contributed by atoms with Crippen molar-refractivity contribution in [1.82, 2.24) is 20.4 Å². The van der Waals surface area contributed by atoms with Crippen molar-refractivity contribution in [2.24, 2.45) is 0 Å². The van der Waals surface area contributed by atoms with Crippen LogP contribution in [0.1, 0.15) is 66.3 Å². The Bertz CT molecular complexity index is 1050. The summed E-state index contributed by atoms with van der Waals surface area (Å²) >= 11 is 0. The van der Waals surface area contributed by atoms with Gasteiger partial charge < -0.3 is 14.9 Å². The summed E-state index contributed by atoms with van der Waals surface area (Å²) < 4.78 is 5.20. The number of hydrogen-bond donors (Lipinski definition) is 2. The molecule has 0 fully saturated rings. The molecule has 1 amide bonds. The number of aromatic nitrogens is 3. The van der Waals surface area contributed by atoms with Crippen LogP contribution < -0.4 is 5.32 Å². The van der Waals surface area contributed by atoms with Crippen LogP contribution in [0, 0.1) is 0 Å². The SMILES string of the molecule is CCc1nc(-c2ccc3c(c2)CC[C@H]3NC(=O)c2ccnc(C(C)(C)O)c2)no1. The van der Waals surface area contributed by atoms with Gasteiger partial charge in [-0.3, -0.25) is 9.78 Å². The second-order valence-electron chi connectivity index (χ2n) is 7.83. The highest BCUT2D eigenvalue weighted by Crippen LogP contribution is 2.34. The monoisotopic (exact) mass is 392 g/mol. The number of carbonyl (C=O) groups is 1. The smallest absolute Gasteiger partial charge is 0.251 e. The van der Waals surface area contributed by atoms with Crippen molar-refractivity contribution in [3.05, 3.63) is 64.8 Å². The van der Waals surface area contributed by atoms with Crippen molar-refractivity contribution in [2.75, 3.05) is 0 Å².